The van der Waals surface area contributed by atoms with Gasteiger partial charge in [0.05, 0.1) is 10.7 Å². The van der Waals surface area contributed by atoms with Gasteiger partial charge in [0, 0.05) is 12.7 Å². The first-order valence-electron chi connectivity index (χ1n) is 6.34. The smallest absolute Gasteiger partial charge is 0.308 e. The molecule has 0 unspecified atom stereocenters. The van der Waals surface area contributed by atoms with Crippen molar-refractivity contribution in [2.45, 2.75) is 0 Å². The molecule has 0 spiro atoms. The zero-order valence-corrected chi connectivity index (χ0v) is 12.4. The summed E-state index contributed by atoms with van der Waals surface area (Å²) in [7, 11) is 1.52. The van der Waals surface area contributed by atoms with Gasteiger partial charge in [-0.1, -0.05) is 0 Å². The van der Waals surface area contributed by atoms with Gasteiger partial charge in [-0.2, -0.15) is 9.36 Å². The molecule has 0 bridgehead atoms. The maximum Gasteiger partial charge on any atom is 0.368 e. The number of rotatable bonds is 3. The Kier molecular flexibility index (Phi) is 3.71. The van der Waals surface area contributed by atoms with Crippen LogP contribution < -0.4 is 16.3 Å². The molecular weight excluding hydrogens is 304 g/mol. The van der Waals surface area contributed by atoms with E-state index in [4.69, 9.17) is 0 Å². The average molecular weight is 316 g/mol. The van der Waals surface area contributed by atoms with Gasteiger partial charge < -0.3 is 5.32 Å². The van der Waals surface area contributed by atoms with Crippen LogP contribution in [0.1, 0.15) is 0 Å². The van der Waals surface area contributed by atoms with E-state index in [9.17, 15) is 9.59 Å². The Balaban J connectivity index is 1.70. The molecule has 1 aromatic carbocycles. The summed E-state index contributed by atoms with van der Waals surface area (Å²) >= 11 is 1.44. The highest BCUT2D eigenvalue weighted by Gasteiger charge is 2.07. The standard InChI is InChI=1S/C13H12N6O2S/c1-18-13(21)19(17-16-18)10-6-4-9(5-7-10)14-12(20)15-11-3-2-8-22-11/h2-8H,1H3,(H2,14,15,20). The van der Waals surface area contributed by atoms with E-state index in [2.05, 4.69) is 21.1 Å². The van der Waals surface area contributed by atoms with Crippen molar-refractivity contribution >= 4 is 28.1 Å². The second-order valence-electron chi connectivity index (χ2n) is 4.40. The fourth-order valence-electron chi connectivity index (χ4n) is 1.79. The van der Waals surface area contributed by atoms with Crippen molar-refractivity contribution in [1.82, 2.24) is 19.8 Å². The number of anilines is 2. The number of hydrogen-bond donors (Lipinski definition) is 2. The molecule has 2 N–H and O–H groups in total. The van der Waals surface area contributed by atoms with Crippen molar-refractivity contribution in [3.05, 3.63) is 52.3 Å². The van der Waals surface area contributed by atoms with Gasteiger partial charge in [-0.15, -0.1) is 11.3 Å². The van der Waals surface area contributed by atoms with E-state index in [1.807, 2.05) is 17.5 Å². The molecule has 3 rings (SSSR count). The summed E-state index contributed by atoms with van der Waals surface area (Å²) in [4.78, 5) is 23.5. The van der Waals surface area contributed by atoms with Crippen molar-refractivity contribution in [3.63, 3.8) is 0 Å². The summed E-state index contributed by atoms with van der Waals surface area (Å²) in [5.74, 6) is 0. The zero-order valence-electron chi connectivity index (χ0n) is 11.6. The lowest BCUT2D eigenvalue weighted by atomic mass is 10.3. The van der Waals surface area contributed by atoms with Crippen molar-refractivity contribution in [1.29, 1.82) is 0 Å². The molecule has 0 aliphatic carbocycles. The third kappa shape index (κ3) is 2.88. The molecule has 2 heterocycles. The highest BCUT2D eigenvalue weighted by atomic mass is 32.1. The summed E-state index contributed by atoms with van der Waals surface area (Å²) in [6, 6.07) is 10.1. The lowest BCUT2D eigenvalue weighted by Gasteiger charge is -2.06. The lowest BCUT2D eigenvalue weighted by molar-refractivity contribution is 0.262. The normalized spacial score (nSPS) is 10.4. The van der Waals surface area contributed by atoms with E-state index in [-0.39, 0.29) is 11.7 Å². The van der Waals surface area contributed by atoms with Crippen LogP contribution in [0.5, 0.6) is 0 Å². The van der Waals surface area contributed by atoms with Crippen LogP contribution in [0.25, 0.3) is 5.69 Å². The Bertz CT molecular complexity index is 834. The van der Waals surface area contributed by atoms with Crippen LogP contribution in [0.4, 0.5) is 15.5 Å². The molecule has 112 valence electrons. The van der Waals surface area contributed by atoms with E-state index in [0.29, 0.717) is 11.4 Å². The van der Waals surface area contributed by atoms with Crippen molar-refractivity contribution in [2.24, 2.45) is 7.05 Å². The van der Waals surface area contributed by atoms with Crippen molar-refractivity contribution in [3.8, 4) is 5.69 Å². The first-order valence-corrected chi connectivity index (χ1v) is 7.22. The molecule has 0 fully saturated rings. The van der Waals surface area contributed by atoms with Crippen LogP contribution >= 0.6 is 11.3 Å². The van der Waals surface area contributed by atoms with E-state index >= 15 is 0 Å². The Morgan fingerprint density at radius 3 is 2.50 bits per heavy atom. The average Bonchev–Trinajstić information content (AvgIpc) is 3.12. The van der Waals surface area contributed by atoms with Gasteiger partial charge in [0.25, 0.3) is 0 Å². The summed E-state index contributed by atoms with van der Waals surface area (Å²) in [6.45, 7) is 0. The molecule has 2 amide bonds. The summed E-state index contributed by atoms with van der Waals surface area (Å²) in [5, 5.41) is 15.5. The topological polar surface area (TPSA) is 93.8 Å². The van der Waals surface area contributed by atoms with Crippen LogP contribution in [-0.4, -0.2) is 25.8 Å². The summed E-state index contributed by atoms with van der Waals surface area (Å²) < 4.78 is 2.32. The minimum absolute atomic E-state index is 0.327. The fraction of sp³-hybridized carbons (Fsp3) is 0.0769. The Labute approximate surface area is 129 Å². The number of tetrazole rings is 1. The molecule has 9 heteroatoms. The molecule has 0 saturated heterocycles. The molecule has 0 saturated carbocycles. The number of aromatic nitrogens is 4. The maximum atomic E-state index is 11.8. The molecule has 3 aromatic rings. The fourth-order valence-corrected chi connectivity index (χ4v) is 2.40. The first kappa shape index (κ1) is 14.0. The minimum atomic E-state index is -0.337. The van der Waals surface area contributed by atoms with Crippen LogP contribution in [0.15, 0.2) is 46.6 Å². The molecule has 22 heavy (non-hydrogen) atoms. The maximum absolute atomic E-state index is 11.8. The predicted octanol–water partition coefficient (Wildman–Crippen LogP) is 1.67. The van der Waals surface area contributed by atoms with Crippen LogP contribution in [0, 0.1) is 0 Å². The highest BCUT2D eigenvalue weighted by molar-refractivity contribution is 7.14. The number of carbonyl (C=O) groups is 1. The molecule has 0 radical (unpaired) electrons. The predicted molar refractivity (Wildman–Crippen MR) is 83.6 cm³/mol. The number of nitrogens with zero attached hydrogens (tertiary/aromatic N) is 4. The number of thiophene rings is 1. The van der Waals surface area contributed by atoms with Crippen LogP contribution in [0.3, 0.4) is 0 Å². The molecule has 0 atom stereocenters. The zero-order chi connectivity index (χ0) is 15.5. The lowest BCUT2D eigenvalue weighted by Crippen LogP contribution is -2.22. The minimum Gasteiger partial charge on any atom is -0.308 e. The van der Waals surface area contributed by atoms with Gasteiger partial charge in [-0.05, 0) is 52.2 Å². The second kappa shape index (κ2) is 5.82. The monoisotopic (exact) mass is 316 g/mol. The van der Waals surface area contributed by atoms with Gasteiger partial charge in [0.1, 0.15) is 0 Å². The second-order valence-corrected chi connectivity index (χ2v) is 5.35. The van der Waals surface area contributed by atoms with Crippen molar-refractivity contribution in [2.75, 3.05) is 10.6 Å². The van der Waals surface area contributed by atoms with E-state index < -0.39 is 0 Å². The SMILES string of the molecule is Cn1nnn(-c2ccc(NC(=O)Nc3cccs3)cc2)c1=O. The Hall–Kier alpha value is -2.94. The quantitative estimate of drug-likeness (QED) is 0.768. The number of benzene rings is 1. The number of carbonyl (C=O) groups excluding carboxylic acids is 1. The highest BCUT2D eigenvalue weighted by Crippen LogP contribution is 2.16. The first-order chi connectivity index (χ1) is 10.6. The molecule has 2 aromatic heterocycles. The van der Waals surface area contributed by atoms with E-state index in [1.165, 1.54) is 23.1 Å². The molecular formula is C13H12N6O2S. The Morgan fingerprint density at radius 1 is 1.14 bits per heavy atom. The van der Waals surface area contributed by atoms with Gasteiger partial charge >= 0.3 is 11.7 Å². The van der Waals surface area contributed by atoms with Crippen molar-refractivity contribution < 1.29 is 4.79 Å². The third-order valence-electron chi connectivity index (χ3n) is 2.85. The number of urea groups is 1. The largest absolute Gasteiger partial charge is 0.368 e. The van der Waals surface area contributed by atoms with Gasteiger partial charge in [-0.25, -0.2) is 9.59 Å². The molecule has 8 nitrogen and oxygen atoms in total. The van der Waals surface area contributed by atoms with Gasteiger partial charge in [-0.3, -0.25) is 5.32 Å². The molecule has 0 aliphatic heterocycles. The number of amides is 2. The van der Waals surface area contributed by atoms with Gasteiger partial charge in [0.2, 0.25) is 0 Å². The number of hydrogen-bond acceptors (Lipinski definition) is 5. The van der Waals surface area contributed by atoms with E-state index in [1.54, 1.807) is 24.3 Å². The van der Waals surface area contributed by atoms with Gasteiger partial charge in [0.15, 0.2) is 0 Å². The Morgan fingerprint density at radius 2 is 1.91 bits per heavy atom. The molecule has 0 aliphatic rings. The third-order valence-corrected chi connectivity index (χ3v) is 3.63. The summed E-state index contributed by atoms with van der Waals surface area (Å²) in [5.41, 5.74) is 0.841. The van der Waals surface area contributed by atoms with Crippen LogP contribution in [0.2, 0.25) is 0 Å². The van der Waals surface area contributed by atoms with Crippen LogP contribution in [-0.2, 0) is 7.05 Å². The summed E-state index contributed by atoms with van der Waals surface area (Å²) in [6.07, 6.45) is 0. The number of nitrogens with one attached hydrogen (secondary N) is 2. The van der Waals surface area contributed by atoms with E-state index in [0.717, 1.165) is 9.68 Å². The number of aryl methyl sites for hydroxylation is 1.